The summed E-state index contributed by atoms with van der Waals surface area (Å²) in [5.74, 6) is -0.198. The minimum atomic E-state index is -0.176. The number of ketones is 1. The third-order valence-electron chi connectivity index (χ3n) is 1.91. The highest BCUT2D eigenvalue weighted by atomic mass is 32.1. The smallest absolute Gasteiger partial charge is 0.261 e. The van der Waals surface area contributed by atoms with Crippen LogP contribution in [0, 0.1) is 0 Å². The summed E-state index contributed by atoms with van der Waals surface area (Å²) in [7, 11) is 0. The van der Waals surface area contributed by atoms with Crippen LogP contribution in [0.5, 0.6) is 0 Å². The molecule has 82 valence electrons. The van der Waals surface area contributed by atoms with Crippen molar-refractivity contribution in [3.05, 3.63) is 21.9 Å². The van der Waals surface area contributed by atoms with E-state index < -0.39 is 0 Å². The Morgan fingerprint density at radius 3 is 2.53 bits per heavy atom. The predicted molar refractivity (Wildman–Crippen MR) is 60.3 cm³/mol. The molecule has 0 aliphatic carbocycles. The van der Waals surface area contributed by atoms with Crippen LogP contribution in [0.1, 0.15) is 33.2 Å². The Morgan fingerprint density at radius 1 is 1.47 bits per heavy atom. The van der Waals surface area contributed by atoms with E-state index in [1.165, 1.54) is 18.3 Å². The zero-order valence-electron chi connectivity index (χ0n) is 8.74. The molecule has 0 radical (unpaired) electrons. The molecular weight excluding hydrogens is 212 g/mol. The molecule has 0 aromatic carbocycles. The SMILES string of the molecule is CC(=O)c1ccc(C(=O)N[C@H](C)CN)s1. The molecule has 1 atom stereocenters. The Hall–Kier alpha value is -1.20. The largest absolute Gasteiger partial charge is 0.348 e. The first-order valence-electron chi connectivity index (χ1n) is 4.66. The van der Waals surface area contributed by atoms with Crippen molar-refractivity contribution in [2.24, 2.45) is 5.73 Å². The highest BCUT2D eigenvalue weighted by Gasteiger charge is 2.12. The molecule has 0 spiro atoms. The van der Waals surface area contributed by atoms with Gasteiger partial charge in [-0.15, -0.1) is 11.3 Å². The quantitative estimate of drug-likeness (QED) is 0.753. The predicted octanol–water partition coefficient (Wildman–Crippen LogP) is 1.03. The lowest BCUT2D eigenvalue weighted by atomic mass is 10.3. The maximum absolute atomic E-state index is 11.6. The van der Waals surface area contributed by atoms with E-state index in [0.717, 1.165) is 0 Å². The molecule has 0 aliphatic heterocycles. The highest BCUT2D eigenvalue weighted by molar-refractivity contribution is 7.15. The topological polar surface area (TPSA) is 72.2 Å². The molecule has 0 saturated heterocycles. The van der Waals surface area contributed by atoms with Gasteiger partial charge < -0.3 is 11.1 Å². The number of Topliss-reactive ketones (excluding diaryl/α,β-unsaturated/α-hetero) is 1. The van der Waals surface area contributed by atoms with Crippen LogP contribution in [-0.2, 0) is 0 Å². The van der Waals surface area contributed by atoms with E-state index in [1.54, 1.807) is 12.1 Å². The summed E-state index contributed by atoms with van der Waals surface area (Å²) in [6.45, 7) is 3.71. The molecule has 4 nitrogen and oxygen atoms in total. The lowest BCUT2D eigenvalue weighted by Crippen LogP contribution is -2.37. The van der Waals surface area contributed by atoms with E-state index in [-0.39, 0.29) is 17.7 Å². The van der Waals surface area contributed by atoms with Crippen molar-refractivity contribution in [3.63, 3.8) is 0 Å². The van der Waals surface area contributed by atoms with Crippen LogP contribution in [0.25, 0.3) is 0 Å². The first-order valence-corrected chi connectivity index (χ1v) is 5.48. The fourth-order valence-electron chi connectivity index (χ4n) is 1.00. The number of amides is 1. The summed E-state index contributed by atoms with van der Waals surface area (Å²) in [5, 5.41) is 2.73. The van der Waals surface area contributed by atoms with Crippen molar-refractivity contribution in [1.29, 1.82) is 0 Å². The zero-order chi connectivity index (χ0) is 11.4. The van der Waals surface area contributed by atoms with Crippen molar-refractivity contribution in [2.45, 2.75) is 19.9 Å². The van der Waals surface area contributed by atoms with Crippen LogP contribution >= 0.6 is 11.3 Å². The van der Waals surface area contributed by atoms with Crippen LogP contribution < -0.4 is 11.1 Å². The monoisotopic (exact) mass is 226 g/mol. The molecule has 0 unspecified atom stereocenters. The average molecular weight is 226 g/mol. The summed E-state index contributed by atoms with van der Waals surface area (Å²) in [6.07, 6.45) is 0. The fourth-order valence-corrected chi connectivity index (χ4v) is 1.81. The number of hydrogen-bond acceptors (Lipinski definition) is 4. The lowest BCUT2D eigenvalue weighted by Gasteiger charge is -2.09. The Bertz CT molecular complexity index is 373. The van der Waals surface area contributed by atoms with Crippen LogP contribution in [-0.4, -0.2) is 24.3 Å². The van der Waals surface area contributed by atoms with Crippen molar-refractivity contribution < 1.29 is 9.59 Å². The number of thiophene rings is 1. The van der Waals surface area contributed by atoms with Crippen LogP contribution in [0.3, 0.4) is 0 Å². The minimum Gasteiger partial charge on any atom is -0.348 e. The van der Waals surface area contributed by atoms with Crippen LogP contribution in [0.15, 0.2) is 12.1 Å². The van der Waals surface area contributed by atoms with Gasteiger partial charge in [0.2, 0.25) is 0 Å². The number of rotatable bonds is 4. The first kappa shape index (κ1) is 11.9. The third kappa shape index (κ3) is 3.14. The Labute approximate surface area is 92.5 Å². The van der Waals surface area contributed by atoms with E-state index in [0.29, 0.717) is 16.3 Å². The fraction of sp³-hybridized carbons (Fsp3) is 0.400. The van der Waals surface area contributed by atoms with Crippen LogP contribution in [0.4, 0.5) is 0 Å². The number of nitrogens with one attached hydrogen (secondary N) is 1. The van der Waals surface area contributed by atoms with Gasteiger partial charge in [-0.3, -0.25) is 9.59 Å². The molecule has 1 aromatic heterocycles. The van der Waals surface area contributed by atoms with Crippen molar-refractivity contribution in [1.82, 2.24) is 5.32 Å². The van der Waals surface area contributed by atoms with Crippen molar-refractivity contribution >= 4 is 23.0 Å². The standard InChI is InChI=1S/C10H14N2O2S/c1-6(5-11)12-10(14)9-4-3-8(15-9)7(2)13/h3-4,6H,5,11H2,1-2H3,(H,12,14)/t6-/m1/s1. The lowest BCUT2D eigenvalue weighted by molar-refractivity contribution is 0.0944. The zero-order valence-corrected chi connectivity index (χ0v) is 9.56. The average Bonchev–Trinajstić information content (AvgIpc) is 2.66. The normalized spacial score (nSPS) is 12.2. The van der Waals surface area contributed by atoms with E-state index >= 15 is 0 Å². The molecule has 15 heavy (non-hydrogen) atoms. The van der Waals surface area contributed by atoms with E-state index in [1.807, 2.05) is 6.92 Å². The minimum absolute atomic E-state index is 0.0223. The molecule has 5 heteroatoms. The maximum Gasteiger partial charge on any atom is 0.261 e. The van der Waals surface area contributed by atoms with E-state index in [2.05, 4.69) is 5.32 Å². The van der Waals surface area contributed by atoms with Gasteiger partial charge >= 0.3 is 0 Å². The maximum atomic E-state index is 11.6. The van der Waals surface area contributed by atoms with Gasteiger partial charge in [0, 0.05) is 12.6 Å². The summed E-state index contributed by atoms with van der Waals surface area (Å²) < 4.78 is 0. The van der Waals surface area contributed by atoms with Gasteiger partial charge in [0.15, 0.2) is 5.78 Å². The number of carbonyl (C=O) groups is 2. The second-order valence-electron chi connectivity index (χ2n) is 3.33. The van der Waals surface area contributed by atoms with Gasteiger partial charge in [-0.2, -0.15) is 0 Å². The molecule has 1 rings (SSSR count). The van der Waals surface area contributed by atoms with E-state index in [4.69, 9.17) is 5.73 Å². The van der Waals surface area contributed by atoms with Gasteiger partial charge in [-0.25, -0.2) is 0 Å². The molecule has 3 N–H and O–H groups in total. The molecular formula is C10H14N2O2S. The summed E-state index contributed by atoms with van der Waals surface area (Å²) >= 11 is 1.20. The van der Waals surface area contributed by atoms with Gasteiger partial charge in [-0.1, -0.05) is 0 Å². The van der Waals surface area contributed by atoms with Gasteiger partial charge in [0.25, 0.3) is 5.91 Å². The molecule has 1 heterocycles. The summed E-state index contributed by atoms with van der Waals surface area (Å²) in [5.41, 5.74) is 5.39. The Morgan fingerprint density at radius 2 is 2.07 bits per heavy atom. The van der Waals surface area contributed by atoms with Gasteiger partial charge in [0.1, 0.15) is 0 Å². The number of nitrogens with two attached hydrogens (primary N) is 1. The Balaban J connectivity index is 2.70. The van der Waals surface area contributed by atoms with Crippen molar-refractivity contribution in [3.8, 4) is 0 Å². The first-order chi connectivity index (χ1) is 7.04. The highest BCUT2D eigenvalue weighted by Crippen LogP contribution is 2.16. The second kappa shape index (κ2) is 5.04. The molecule has 1 aromatic rings. The van der Waals surface area contributed by atoms with Crippen molar-refractivity contribution in [2.75, 3.05) is 6.54 Å². The Kier molecular flexibility index (Phi) is 3.99. The molecule has 0 bridgehead atoms. The molecule has 0 fully saturated rings. The summed E-state index contributed by atoms with van der Waals surface area (Å²) in [4.78, 5) is 23.7. The van der Waals surface area contributed by atoms with Gasteiger partial charge in [-0.05, 0) is 26.0 Å². The van der Waals surface area contributed by atoms with E-state index in [9.17, 15) is 9.59 Å². The number of carbonyl (C=O) groups excluding carboxylic acids is 2. The third-order valence-corrected chi connectivity index (χ3v) is 3.09. The second-order valence-corrected chi connectivity index (χ2v) is 4.41. The molecule has 0 saturated carbocycles. The summed E-state index contributed by atoms with van der Waals surface area (Å²) in [6, 6.07) is 3.26. The van der Waals surface area contributed by atoms with Crippen LogP contribution in [0.2, 0.25) is 0 Å². The van der Waals surface area contributed by atoms with Gasteiger partial charge in [0.05, 0.1) is 9.75 Å². The molecule has 1 amide bonds. The number of hydrogen-bond donors (Lipinski definition) is 2. The molecule has 0 aliphatic rings.